The zero-order valence-electron chi connectivity index (χ0n) is 5.46. The average Bonchev–Trinajstić information content (AvgIpc) is 1.97. The van der Waals surface area contributed by atoms with Crippen LogP contribution in [0.1, 0.15) is 5.56 Å². The van der Waals surface area contributed by atoms with Crippen molar-refractivity contribution in [2.24, 2.45) is 4.40 Å². The van der Waals surface area contributed by atoms with Crippen molar-refractivity contribution >= 4 is 35.0 Å². The fraction of sp³-hybridized carbons (Fsp3) is 0. The first-order chi connectivity index (χ1) is 5.25. The smallest absolute Gasteiger partial charge is 0.133 e. The second kappa shape index (κ2) is 3.88. The standard InChI is InChI=1S/C7H5BrFNS/c8-6-2-1-3-7(9)5(6)4-10-11/h1-4,11H/b10-4+. The highest BCUT2D eigenvalue weighted by Gasteiger charge is 2.01. The molecule has 0 atom stereocenters. The summed E-state index contributed by atoms with van der Waals surface area (Å²) in [7, 11) is 0. The van der Waals surface area contributed by atoms with Crippen LogP contribution in [-0.4, -0.2) is 6.21 Å². The monoisotopic (exact) mass is 233 g/mol. The Hall–Kier alpha value is -0.350. The van der Waals surface area contributed by atoms with Gasteiger partial charge in [0.1, 0.15) is 5.82 Å². The van der Waals surface area contributed by atoms with E-state index in [1.165, 1.54) is 12.3 Å². The molecule has 0 aromatic heterocycles. The molecule has 11 heavy (non-hydrogen) atoms. The van der Waals surface area contributed by atoms with Crippen molar-refractivity contribution in [2.75, 3.05) is 0 Å². The van der Waals surface area contributed by atoms with Crippen molar-refractivity contribution in [3.05, 3.63) is 34.1 Å². The summed E-state index contributed by atoms with van der Waals surface area (Å²) < 4.78 is 17.0. The highest BCUT2D eigenvalue weighted by Crippen LogP contribution is 2.17. The van der Waals surface area contributed by atoms with E-state index in [2.05, 4.69) is 33.1 Å². The third kappa shape index (κ3) is 2.04. The van der Waals surface area contributed by atoms with E-state index in [4.69, 9.17) is 0 Å². The maximum absolute atomic E-state index is 12.9. The molecule has 0 N–H and O–H groups in total. The van der Waals surface area contributed by atoms with Gasteiger partial charge in [-0.2, -0.15) is 0 Å². The van der Waals surface area contributed by atoms with Gasteiger partial charge in [0.05, 0.1) is 0 Å². The molecule has 0 aliphatic heterocycles. The second-order valence-corrected chi connectivity index (χ2v) is 2.97. The summed E-state index contributed by atoms with van der Waals surface area (Å²) in [4.78, 5) is 0. The molecule has 0 heterocycles. The molecule has 1 aromatic rings. The maximum atomic E-state index is 12.9. The Morgan fingerprint density at radius 1 is 1.55 bits per heavy atom. The van der Waals surface area contributed by atoms with E-state index in [1.807, 2.05) is 0 Å². The molecule has 0 saturated carbocycles. The minimum atomic E-state index is -0.308. The summed E-state index contributed by atoms with van der Waals surface area (Å²) in [5, 5.41) is 0. The number of hydrogen-bond acceptors (Lipinski definition) is 2. The lowest BCUT2D eigenvalue weighted by atomic mass is 10.2. The molecule has 0 fully saturated rings. The van der Waals surface area contributed by atoms with E-state index in [0.717, 1.165) is 0 Å². The van der Waals surface area contributed by atoms with Gasteiger partial charge in [-0.05, 0) is 24.9 Å². The highest BCUT2D eigenvalue weighted by molar-refractivity contribution is 9.10. The molecular formula is C7H5BrFNS. The van der Waals surface area contributed by atoms with Crippen LogP contribution in [0.3, 0.4) is 0 Å². The Kier molecular flexibility index (Phi) is 3.08. The van der Waals surface area contributed by atoms with E-state index < -0.39 is 0 Å². The third-order valence-corrected chi connectivity index (χ3v) is 1.99. The van der Waals surface area contributed by atoms with Gasteiger partial charge in [0.2, 0.25) is 0 Å². The van der Waals surface area contributed by atoms with Crippen molar-refractivity contribution in [2.45, 2.75) is 0 Å². The number of hydrogen-bond donors (Lipinski definition) is 1. The lowest BCUT2D eigenvalue weighted by Crippen LogP contribution is -1.87. The molecule has 0 bridgehead atoms. The molecular weight excluding hydrogens is 229 g/mol. The molecule has 1 aromatic carbocycles. The van der Waals surface area contributed by atoms with E-state index in [1.54, 1.807) is 12.1 Å². The maximum Gasteiger partial charge on any atom is 0.133 e. The van der Waals surface area contributed by atoms with Gasteiger partial charge in [0, 0.05) is 16.3 Å². The van der Waals surface area contributed by atoms with E-state index in [-0.39, 0.29) is 5.82 Å². The van der Waals surface area contributed by atoms with Crippen LogP contribution in [0.25, 0.3) is 0 Å². The summed E-state index contributed by atoms with van der Waals surface area (Å²) in [5.41, 5.74) is 0.419. The van der Waals surface area contributed by atoms with Gasteiger partial charge in [0.15, 0.2) is 0 Å². The number of nitrogens with zero attached hydrogens (tertiary/aromatic N) is 1. The molecule has 0 amide bonds. The third-order valence-electron chi connectivity index (χ3n) is 1.19. The van der Waals surface area contributed by atoms with Crippen molar-refractivity contribution < 1.29 is 4.39 Å². The Balaban J connectivity index is 3.20. The van der Waals surface area contributed by atoms with Crippen molar-refractivity contribution in [1.29, 1.82) is 0 Å². The first-order valence-corrected chi connectivity index (χ1v) is 4.06. The van der Waals surface area contributed by atoms with Crippen LogP contribution in [0.4, 0.5) is 4.39 Å². The van der Waals surface area contributed by atoms with Gasteiger partial charge in [0.25, 0.3) is 0 Å². The van der Waals surface area contributed by atoms with Gasteiger partial charge in [-0.3, -0.25) is 0 Å². The summed E-state index contributed by atoms with van der Waals surface area (Å²) in [6.07, 6.45) is 1.35. The van der Waals surface area contributed by atoms with Gasteiger partial charge in [-0.1, -0.05) is 22.0 Å². The second-order valence-electron chi connectivity index (χ2n) is 1.88. The summed E-state index contributed by atoms with van der Waals surface area (Å²) in [6.45, 7) is 0. The fourth-order valence-corrected chi connectivity index (χ4v) is 1.25. The first kappa shape index (κ1) is 8.74. The largest absolute Gasteiger partial charge is 0.227 e. The molecule has 58 valence electrons. The van der Waals surface area contributed by atoms with Crippen LogP contribution in [0.15, 0.2) is 27.1 Å². The normalized spacial score (nSPS) is 10.8. The summed E-state index contributed by atoms with van der Waals surface area (Å²) in [5.74, 6) is -0.308. The zero-order valence-corrected chi connectivity index (χ0v) is 7.94. The predicted octanol–water partition coefficient (Wildman–Crippen LogP) is 2.85. The number of benzene rings is 1. The Morgan fingerprint density at radius 2 is 2.27 bits per heavy atom. The molecule has 0 aliphatic carbocycles. The van der Waals surface area contributed by atoms with Gasteiger partial charge >= 0.3 is 0 Å². The fourth-order valence-electron chi connectivity index (χ4n) is 0.692. The van der Waals surface area contributed by atoms with Gasteiger partial charge in [-0.15, -0.1) is 0 Å². The lowest BCUT2D eigenvalue weighted by Gasteiger charge is -1.97. The SMILES string of the molecule is Fc1cccc(Br)c1/C=N/S. The summed E-state index contributed by atoms with van der Waals surface area (Å²) in [6, 6.07) is 4.73. The zero-order chi connectivity index (χ0) is 8.27. The molecule has 0 spiro atoms. The molecule has 0 saturated heterocycles. The van der Waals surface area contributed by atoms with Crippen molar-refractivity contribution in [1.82, 2.24) is 0 Å². The Morgan fingerprint density at radius 3 is 2.82 bits per heavy atom. The van der Waals surface area contributed by atoms with Crippen molar-refractivity contribution in [3.63, 3.8) is 0 Å². The number of thiol groups is 1. The highest BCUT2D eigenvalue weighted by atomic mass is 79.9. The number of halogens is 2. The molecule has 1 rings (SSSR count). The number of rotatable bonds is 1. The average molecular weight is 234 g/mol. The molecule has 4 heteroatoms. The predicted molar refractivity (Wildman–Crippen MR) is 50.7 cm³/mol. The summed E-state index contributed by atoms with van der Waals surface area (Å²) >= 11 is 6.79. The Bertz CT molecular complexity index is 268. The Labute approximate surface area is 78.0 Å². The first-order valence-electron chi connectivity index (χ1n) is 2.87. The molecule has 0 aliphatic rings. The van der Waals surface area contributed by atoms with E-state index >= 15 is 0 Å². The van der Waals surface area contributed by atoms with Gasteiger partial charge in [-0.25, -0.2) is 8.79 Å². The van der Waals surface area contributed by atoms with Crippen LogP contribution < -0.4 is 0 Å². The molecule has 0 radical (unpaired) electrons. The van der Waals surface area contributed by atoms with Crippen LogP contribution in [0, 0.1) is 5.82 Å². The van der Waals surface area contributed by atoms with E-state index in [9.17, 15) is 4.39 Å². The van der Waals surface area contributed by atoms with Crippen LogP contribution >= 0.6 is 28.7 Å². The van der Waals surface area contributed by atoms with Crippen LogP contribution in [-0.2, 0) is 0 Å². The van der Waals surface area contributed by atoms with E-state index in [0.29, 0.717) is 10.0 Å². The molecule has 1 nitrogen and oxygen atoms in total. The molecule has 0 unspecified atom stereocenters. The lowest BCUT2D eigenvalue weighted by molar-refractivity contribution is 0.625. The van der Waals surface area contributed by atoms with Crippen molar-refractivity contribution in [3.8, 4) is 0 Å². The minimum Gasteiger partial charge on any atom is -0.227 e. The van der Waals surface area contributed by atoms with Crippen LogP contribution in [0.2, 0.25) is 0 Å². The van der Waals surface area contributed by atoms with Gasteiger partial charge < -0.3 is 0 Å². The minimum absolute atomic E-state index is 0.308. The van der Waals surface area contributed by atoms with Crippen LogP contribution in [0.5, 0.6) is 0 Å². The quantitative estimate of drug-likeness (QED) is 0.566. The topological polar surface area (TPSA) is 12.4 Å².